The number of benzene rings is 1. The number of carbonyl (C=O) groups excluding carboxylic acids is 1. The van der Waals surface area contributed by atoms with Crippen LogP contribution in [0.4, 0.5) is 10.5 Å². The third-order valence-electron chi connectivity index (χ3n) is 4.26. The molecule has 0 aliphatic rings. The highest BCUT2D eigenvalue weighted by Gasteiger charge is 2.35. The Kier molecular flexibility index (Phi) is 6.69. The number of anilines is 1. The molecule has 0 radical (unpaired) electrons. The van der Waals surface area contributed by atoms with Crippen molar-refractivity contribution in [3.8, 4) is 0 Å². The topological polar surface area (TPSA) is 58.4 Å². The summed E-state index contributed by atoms with van der Waals surface area (Å²) in [7, 11) is 0. The molecule has 0 aliphatic carbocycles. The van der Waals surface area contributed by atoms with Crippen molar-refractivity contribution in [1.82, 2.24) is 4.90 Å². The Labute approximate surface area is 128 Å². The standard InChI is InChI=1S/C17H29N3O/c1-5-12-20(17(6-2,7-3)13-18)16(21)19-15-10-8-14(4)9-11-15/h8-11H,5-7,12-13,18H2,1-4H3,(H,19,21). The molecule has 118 valence electrons. The van der Waals surface area contributed by atoms with Gasteiger partial charge in [0.05, 0.1) is 5.54 Å². The van der Waals surface area contributed by atoms with Crippen LogP contribution in [0, 0.1) is 6.92 Å². The fourth-order valence-electron chi connectivity index (χ4n) is 2.64. The number of hydrogen-bond acceptors (Lipinski definition) is 2. The van der Waals surface area contributed by atoms with Crippen LogP contribution in [-0.2, 0) is 0 Å². The minimum atomic E-state index is -0.259. The van der Waals surface area contributed by atoms with Crippen LogP contribution >= 0.6 is 0 Å². The molecule has 4 heteroatoms. The summed E-state index contributed by atoms with van der Waals surface area (Å²) in [6, 6.07) is 7.79. The minimum absolute atomic E-state index is 0.0603. The van der Waals surface area contributed by atoms with Gasteiger partial charge in [-0.15, -0.1) is 0 Å². The Bertz CT molecular complexity index is 430. The Morgan fingerprint density at radius 3 is 2.19 bits per heavy atom. The number of amides is 2. The summed E-state index contributed by atoms with van der Waals surface area (Å²) in [5, 5.41) is 2.99. The highest BCUT2D eigenvalue weighted by Crippen LogP contribution is 2.24. The van der Waals surface area contributed by atoms with Crippen LogP contribution in [0.1, 0.15) is 45.6 Å². The second kappa shape index (κ2) is 8.03. The van der Waals surface area contributed by atoms with Crippen molar-refractivity contribution in [3.05, 3.63) is 29.8 Å². The molecule has 0 heterocycles. The predicted molar refractivity (Wildman–Crippen MR) is 89.6 cm³/mol. The van der Waals surface area contributed by atoms with Crippen LogP contribution in [0.15, 0.2) is 24.3 Å². The number of hydrogen-bond donors (Lipinski definition) is 2. The lowest BCUT2D eigenvalue weighted by molar-refractivity contribution is 0.118. The fraction of sp³-hybridized carbons (Fsp3) is 0.588. The maximum Gasteiger partial charge on any atom is 0.322 e. The zero-order chi connectivity index (χ0) is 15.9. The first kappa shape index (κ1) is 17.5. The van der Waals surface area contributed by atoms with E-state index in [1.165, 1.54) is 5.56 Å². The Balaban J connectivity index is 2.93. The zero-order valence-electron chi connectivity index (χ0n) is 13.8. The van der Waals surface area contributed by atoms with Gasteiger partial charge in [0.2, 0.25) is 0 Å². The average Bonchev–Trinajstić information content (AvgIpc) is 2.50. The molecule has 0 aliphatic heterocycles. The lowest BCUT2D eigenvalue weighted by atomic mass is 9.90. The van der Waals surface area contributed by atoms with Gasteiger partial charge in [-0.05, 0) is 38.3 Å². The van der Waals surface area contributed by atoms with Gasteiger partial charge in [0.15, 0.2) is 0 Å². The number of nitrogens with zero attached hydrogens (tertiary/aromatic N) is 1. The van der Waals surface area contributed by atoms with Crippen LogP contribution in [0.2, 0.25) is 0 Å². The van der Waals surface area contributed by atoms with Crippen molar-refractivity contribution < 1.29 is 4.79 Å². The number of carbonyl (C=O) groups is 1. The van der Waals surface area contributed by atoms with Crippen molar-refractivity contribution in [2.24, 2.45) is 5.73 Å². The van der Waals surface area contributed by atoms with Gasteiger partial charge in [0.1, 0.15) is 0 Å². The van der Waals surface area contributed by atoms with E-state index in [0.29, 0.717) is 6.54 Å². The summed E-state index contributed by atoms with van der Waals surface area (Å²) >= 11 is 0. The number of rotatable bonds is 7. The number of nitrogens with one attached hydrogen (secondary N) is 1. The molecule has 0 atom stereocenters. The fourth-order valence-corrected chi connectivity index (χ4v) is 2.64. The van der Waals surface area contributed by atoms with Crippen molar-refractivity contribution in [2.45, 2.75) is 52.5 Å². The summed E-state index contributed by atoms with van der Waals surface area (Å²) in [4.78, 5) is 14.6. The zero-order valence-corrected chi connectivity index (χ0v) is 13.8. The first-order valence-corrected chi connectivity index (χ1v) is 7.88. The third kappa shape index (κ3) is 4.21. The Morgan fingerprint density at radius 2 is 1.76 bits per heavy atom. The van der Waals surface area contributed by atoms with E-state index in [9.17, 15) is 4.79 Å². The molecule has 0 aromatic heterocycles. The molecule has 3 N–H and O–H groups in total. The van der Waals surface area contributed by atoms with E-state index in [0.717, 1.165) is 31.5 Å². The van der Waals surface area contributed by atoms with E-state index in [1.807, 2.05) is 36.1 Å². The SMILES string of the molecule is CCCN(C(=O)Nc1ccc(C)cc1)C(CC)(CC)CN. The molecule has 21 heavy (non-hydrogen) atoms. The first-order valence-electron chi connectivity index (χ1n) is 7.88. The number of urea groups is 1. The second-order valence-corrected chi connectivity index (χ2v) is 5.58. The first-order chi connectivity index (χ1) is 10.0. The van der Waals surface area contributed by atoms with Gasteiger partial charge >= 0.3 is 6.03 Å². The monoisotopic (exact) mass is 291 g/mol. The Morgan fingerprint density at radius 1 is 1.19 bits per heavy atom. The summed E-state index contributed by atoms with van der Waals surface area (Å²) in [5.41, 5.74) is 7.73. The predicted octanol–water partition coefficient (Wildman–Crippen LogP) is 3.76. The molecule has 1 rings (SSSR count). The lowest BCUT2D eigenvalue weighted by Gasteiger charge is -2.42. The average molecular weight is 291 g/mol. The summed E-state index contributed by atoms with van der Waals surface area (Å²) < 4.78 is 0. The molecule has 1 aromatic carbocycles. The molecule has 0 bridgehead atoms. The molecule has 4 nitrogen and oxygen atoms in total. The molecule has 0 fully saturated rings. The Hall–Kier alpha value is -1.55. The molecular formula is C17H29N3O. The molecule has 0 saturated heterocycles. The normalized spacial score (nSPS) is 11.3. The smallest absolute Gasteiger partial charge is 0.322 e. The quantitative estimate of drug-likeness (QED) is 0.803. The van der Waals surface area contributed by atoms with Crippen molar-refractivity contribution in [1.29, 1.82) is 0 Å². The van der Waals surface area contributed by atoms with E-state index in [2.05, 4.69) is 26.1 Å². The summed E-state index contributed by atoms with van der Waals surface area (Å²) in [6.45, 7) is 9.51. The maximum absolute atomic E-state index is 12.7. The van der Waals surface area contributed by atoms with E-state index >= 15 is 0 Å². The van der Waals surface area contributed by atoms with E-state index < -0.39 is 0 Å². The second-order valence-electron chi connectivity index (χ2n) is 5.58. The van der Waals surface area contributed by atoms with Gasteiger partial charge in [-0.2, -0.15) is 0 Å². The highest BCUT2D eigenvalue weighted by atomic mass is 16.2. The largest absolute Gasteiger partial charge is 0.328 e. The van der Waals surface area contributed by atoms with E-state index in [-0.39, 0.29) is 11.6 Å². The van der Waals surface area contributed by atoms with Gasteiger partial charge < -0.3 is 16.0 Å². The van der Waals surface area contributed by atoms with Gasteiger partial charge in [0, 0.05) is 18.8 Å². The van der Waals surface area contributed by atoms with Crippen LogP contribution in [-0.4, -0.2) is 29.6 Å². The van der Waals surface area contributed by atoms with Gasteiger partial charge in [-0.3, -0.25) is 0 Å². The van der Waals surface area contributed by atoms with Crippen LogP contribution in [0.25, 0.3) is 0 Å². The van der Waals surface area contributed by atoms with Gasteiger partial charge in [-0.1, -0.05) is 38.5 Å². The molecule has 2 amide bonds. The van der Waals surface area contributed by atoms with E-state index in [1.54, 1.807) is 0 Å². The van der Waals surface area contributed by atoms with Crippen molar-refractivity contribution in [3.63, 3.8) is 0 Å². The molecule has 0 unspecified atom stereocenters. The van der Waals surface area contributed by atoms with E-state index in [4.69, 9.17) is 5.73 Å². The van der Waals surface area contributed by atoms with Crippen LogP contribution in [0.5, 0.6) is 0 Å². The van der Waals surface area contributed by atoms with Gasteiger partial charge in [-0.25, -0.2) is 4.79 Å². The highest BCUT2D eigenvalue weighted by molar-refractivity contribution is 5.89. The summed E-state index contributed by atoms with van der Waals surface area (Å²) in [6.07, 6.45) is 2.64. The molecular weight excluding hydrogens is 262 g/mol. The number of aryl methyl sites for hydroxylation is 1. The lowest BCUT2D eigenvalue weighted by Crippen LogP contribution is -2.57. The van der Waals surface area contributed by atoms with Crippen molar-refractivity contribution >= 4 is 11.7 Å². The molecule has 0 spiro atoms. The minimum Gasteiger partial charge on any atom is -0.328 e. The van der Waals surface area contributed by atoms with Crippen molar-refractivity contribution in [2.75, 3.05) is 18.4 Å². The van der Waals surface area contributed by atoms with Crippen LogP contribution in [0.3, 0.4) is 0 Å². The number of nitrogens with two attached hydrogens (primary N) is 1. The van der Waals surface area contributed by atoms with Gasteiger partial charge in [0.25, 0.3) is 0 Å². The third-order valence-corrected chi connectivity index (χ3v) is 4.26. The summed E-state index contributed by atoms with van der Waals surface area (Å²) in [5.74, 6) is 0. The maximum atomic E-state index is 12.7. The molecule has 0 saturated carbocycles. The van der Waals surface area contributed by atoms with Crippen LogP contribution < -0.4 is 11.1 Å². The molecule has 1 aromatic rings.